The first-order valence-corrected chi connectivity index (χ1v) is 6.80. The van der Waals surface area contributed by atoms with Crippen molar-refractivity contribution in [1.82, 2.24) is 15.5 Å². The molecule has 0 radical (unpaired) electrons. The van der Waals surface area contributed by atoms with E-state index in [1.165, 1.54) is 0 Å². The number of hydrogen-bond acceptors (Lipinski definition) is 3. The maximum atomic E-state index is 5.28. The van der Waals surface area contributed by atoms with Gasteiger partial charge in [0, 0.05) is 39.1 Å². The Bertz CT molecular complexity index is 360. The molecule has 0 saturated carbocycles. The maximum Gasteiger partial charge on any atom is 0.191 e. The van der Waals surface area contributed by atoms with E-state index in [1.54, 1.807) is 13.3 Å². The highest BCUT2D eigenvalue weighted by Gasteiger charge is 2.03. The topological polar surface area (TPSA) is 52.8 Å². The predicted molar refractivity (Wildman–Crippen MR) is 79.5 cm³/mol. The van der Waals surface area contributed by atoms with Gasteiger partial charge < -0.3 is 20.0 Å². The van der Waals surface area contributed by atoms with Crippen molar-refractivity contribution in [2.24, 2.45) is 4.99 Å². The molecule has 0 fully saturated rings. The van der Waals surface area contributed by atoms with Crippen LogP contribution in [0.2, 0.25) is 0 Å². The molecule has 0 amide bonds. The molecule has 0 aliphatic heterocycles. The number of hydrogen-bond donors (Lipinski definition) is 2. The van der Waals surface area contributed by atoms with Crippen LogP contribution in [-0.4, -0.2) is 50.6 Å². The summed E-state index contributed by atoms with van der Waals surface area (Å²) in [5, 5.41) is 6.57. The largest absolute Gasteiger partial charge is 0.469 e. The highest BCUT2D eigenvalue weighted by atomic mass is 16.3. The van der Waals surface area contributed by atoms with Gasteiger partial charge >= 0.3 is 0 Å². The number of aliphatic imine (C=N–C) groups is 1. The number of guanidine groups is 1. The van der Waals surface area contributed by atoms with Crippen LogP contribution in [0, 0.1) is 0 Å². The van der Waals surface area contributed by atoms with Crippen LogP contribution in [0.4, 0.5) is 0 Å². The van der Waals surface area contributed by atoms with E-state index in [9.17, 15) is 0 Å². The van der Waals surface area contributed by atoms with Crippen molar-refractivity contribution in [2.75, 3.05) is 33.7 Å². The van der Waals surface area contributed by atoms with Gasteiger partial charge in [0.15, 0.2) is 5.96 Å². The molecule has 0 bridgehead atoms. The number of nitrogens with one attached hydrogen (secondary N) is 2. The monoisotopic (exact) mass is 266 g/mol. The quantitative estimate of drug-likeness (QED) is 0.577. The molecule has 0 spiro atoms. The molecule has 108 valence electrons. The average molecular weight is 266 g/mol. The molecule has 1 heterocycles. The molecule has 1 aromatic rings. The third-order valence-electron chi connectivity index (χ3n) is 3.11. The average Bonchev–Trinajstić information content (AvgIpc) is 2.89. The standard InChI is InChI=1S/C14H26N4O/c1-12(2)18(4)10-9-17-14(15-3)16-8-7-13-6-5-11-19-13/h5-6,11-12H,7-10H2,1-4H3,(H2,15,16,17). The van der Waals surface area contributed by atoms with Crippen LogP contribution < -0.4 is 10.6 Å². The molecule has 5 heteroatoms. The van der Waals surface area contributed by atoms with Crippen LogP contribution in [0.25, 0.3) is 0 Å². The van der Waals surface area contributed by atoms with E-state index in [0.717, 1.165) is 37.8 Å². The fourth-order valence-corrected chi connectivity index (χ4v) is 1.59. The van der Waals surface area contributed by atoms with E-state index in [0.29, 0.717) is 6.04 Å². The molecule has 0 atom stereocenters. The lowest BCUT2D eigenvalue weighted by Gasteiger charge is -2.21. The second-order valence-corrected chi connectivity index (χ2v) is 4.83. The van der Waals surface area contributed by atoms with Crippen LogP contribution in [0.15, 0.2) is 27.8 Å². The first kappa shape index (κ1) is 15.6. The van der Waals surface area contributed by atoms with Crippen LogP contribution in [0.3, 0.4) is 0 Å². The van der Waals surface area contributed by atoms with Gasteiger partial charge in [0.05, 0.1) is 6.26 Å². The zero-order valence-corrected chi connectivity index (χ0v) is 12.4. The molecule has 1 rings (SSSR count). The van der Waals surface area contributed by atoms with Crippen molar-refractivity contribution in [3.8, 4) is 0 Å². The Morgan fingerprint density at radius 3 is 2.68 bits per heavy atom. The lowest BCUT2D eigenvalue weighted by Crippen LogP contribution is -2.42. The summed E-state index contributed by atoms with van der Waals surface area (Å²) in [7, 11) is 3.91. The van der Waals surface area contributed by atoms with Gasteiger partial charge in [-0.05, 0) is 33.0 Å². The Labute approximate surface area is 116 Å². The number of rotatable bonds is 7. The number of furan rings is 1. The lowest BCUT2D eigenvalue weighted by molar-refractivity contribution is 0.278. The maximum absolute atomic E-state index is 5.28. The highest BCUT2D eigenvalue weighted by molar-refractivity contribution is 5.79. The van der Waals surface area contributed by atoms with Crippen molar-refractivity contribution in [3.63, 3.8) is 0 Å². The number of nitrogens with zero attached hydrogens (tertiary/aromatic N) is 2. The predicted octanol–water partition coefficient (Wildman–Crippen LogP) is 1.33. The molecule has 0 aliphatic rings. The summed E-state index contributed by atoms with van der Waals surface area (Å²) in [6, 6.07) is 4.45. The van der Waals surface area contributed by atoms with E-state index in [4.69, 9.17) is 4.42 Å². The van der Waals surface area contributed by atoms with E-state index < -0.39 is 0 Å². The Balaban J connectivity index is 2.16. The molecule has 1 aromatic heterocycles. The normalized spacial score (nSPS) is 12.2. The SMILES string of the molecule is CN=C(NCCc1ccco1)NCCN(C)C(C)C. The molecule has 0 aromatic carbocycles. The lowest BCUT2D eigenvalue weighted by atomic mass is 10.3. The Morgan fingerprint density at radius 1 is 1.37 bits per heavy atom. The zero-order valence-electron chi connectivity index (χ0n) is 12.4. The highest BCUT2D eigenvalue weighted by Crippen LogP contribution is 1.99. The van der Waals surface area contributed by atoms with Crippen LogP contribution in [0.5, 0.6) is 0 Å². The third kappa shape index (κ3) is 6.29. The minimum absolute atomic E-state index is 0.565. The first-order chi connectivity index (χ1) is 9.13. The molecule has 2 N–H and O–H groups in total. The summed E-state index contributed by atoms with van der Waals surface area (Å²) in [4.78, 5) is 6.49. The van der Waals surface area contributed by atoms with Gasteiger partial charge in [0.2, 0.25) is 0 Å². The summed E-state index contributed by atoms with van der Waals surface area (Å²) in [6.07, 6.45) is 2.56. The van der Waals surface area contributed by atoms with Crippen molar-refractivity contribution < 1.29 is 4.42 Å². The summed E-state index contributed by atoms with van der Waals surface area (Å²) >= 11 is 0. The first-order valence-electron chi connectivity index (χ1n) is 6.80. The smallest absolute Gasteiger partial charge is 0.191 e. The molecular weight excluding hydrogens is 240 g/mol. The van der Waals surface area contributed by atoms with E-state index in [1.807, 2.05) is 12.1 Å². The van der Waals surface area contributed by atoms with Crippen molar-refractivity contribution in [2.45, 2.75) is 26.3 Å². The Kier molecular flexibility index (Phi) is 7.03. The van der Waals surface area contributed by atoms with Gasteiger partial charge in [-0.15, -0.1) is 0 Å². The van der Waals surface area contributed by atoms with Crippen molar-refractivity contribution in [1.29, 1.82) is 0 Å². The van der Waals surface area contributed by atoms with Crippen molar-refractivity contribution >= 4 is 5.96 Å². The van der Waals surface area contributed by atoms with Crippen molar-refractivity contribution in [3.05, 3.63) is 24.2 Å². The molecule has 19 heavy (non-hydrogen) atoms. The summed E-state index contributed by atoms with van der Waals surface area (Å²) in [5.74, 6) is 1.83. The Morgan fingerprint density at radius 2 is 2.11 bits per heavy atom. The van der Waals surface area contributed by atoms with Crippen LogP contribution in [-0.2, 0) is 6.42 Å². The van der Waals surface area contributed by atoms with Gasteiger partial charge in [-0.2, -0.15) is 0 Å². The van der Waals surface area contributed by atoms with Gasteiger partial charge in [0.1, 0.15) is 5.76 Å². The zero-order chi connectivity index (χ0) is 14.1. The van der Waals surface area contributed by atoms with E-state index >= 15 is 0 Å². The molecule has 0 saturated heterocycles. The second kappa shape index (κ2) is 8.58. The fraction of sp³-hybridized carbons (Fsp3) is 0.643. The number of likely N-dealkylation sites (N-methyl/N-ethyl adjacent to an activating group) is 1. The van der Waals surface area contributed by atoms with Gasteiger partial charge in [0.25, 0.3) is 0 Å². The van der Waals surface area contributed by atoms with Gasteiger partial charge in [-0.25, -0.2) is 0 Å². The van der Waals surface area contributed by atoms with E-state index in [-0.39, 0.29) is 0 Å². The molecule has 0 unspecified atom stereocenters. The summed E-state index contributed by atoms with van der Waals surface area (Å²) in [6.45, 7) is 7.08. The Hall–Kier alpha value is -1.49. The minimum atomic E-state index is 0.565. The fourth-order valence-electron chi connectivity index (χ4n) is 1.59. The van der Waals surface area contributed by atoms with Gasteiger partial charge in [-0.1, -0.05) is 0 Å². The summed E-state index contributed by atoms with van der Waals surface area (Å²) in [5.41, 5.74) is 0. The summed E-state index contributed by atoms with van der Waals surface area (Å²) < 4.78 is 5.28. The second-order valence-electron chi connectivity index (χ2n) is 4.83. The van der Waals surface area contributed by atoms with Crippen LogP contribution >= 0.6 is 0 Å². The minimum Gasteiger partial charge on any atom is -0.469 e. The third-order valence-corrected chi connectivity index (χ3v) is 3.11. The van der Waals surface area contributed by atoms with Crippen LogP contribution in [0.1, 0.15) is 19.6 Å². The molecule has 5 nitrogen and oxygen atoms in total. The molecular formula is C14H26N4O. The van der Waals surface area contributed by atoms with Gasteiger partial charge in [-0.3, -0.25) is 4.99 Å². The van der Waals surface area contributed by atoms with E-state index in [2.05, 4.69) is 41.4 Å². The molecule has 0 aliphatic carbocycles.